The van der Waals surface area contributed by atoms with E-state index >= 15 is 0 Å². The quantitative estimate of drug-likeness (QED) is 0.0840. The highest BCUT2D eigenvalue weighted by Crippen LogP contribution is 2.33. The van der Waals surface area contributed by atoms with E-state index < -0.39 is 58.0 Å². The Kier molecular flexibility index (Phi) is 15.7. The molecule has 8 aromatic rings. The first-order chi connectivity index (χ1) is 32.3. The fourth-order valence-corrected chi connectivity index (χ4v) is 7.37. The molecule has 2 amide bonds. The van der Waals surface area contributed by atoms with Gasteiger partial charge in [-0.15, -0.1) is 0 Å². The molecule has 0 aliphatic rings. The van der Waals surface area contributed by atoms with Crippen LogP contribution in [0.5, 0.6) is 11.5 Å². The molecular formula is C46H34Cl4F4N8O6. The van der Waals surface area contributed by atoms with E-state index in [0.29, 0.717) is 11.1 Å². The monoisotopic (exact) mass is 1010 g/mol. The summed E-state index contributed by atoms with van der Waals surface area (Å²) in [5, 5.41) is 23.6. The Morgan fingerprint density at radius 1 is 0.691 bits per heavy atom. The Bertz CT molecular complexity index is 3310. The standard InChI is InChI=1S/C22H13Cl2F3N4O3.C22H15Cl2FN4O3.C2H6/c23-13-8-16(29-19(24)18(13)32)20(33)30-15-6-2-5-14-17(15)21(34)31(10-28-14)9-11-3-1-4-12(7-11)22(25,26)27;1-11(12-4-2-5-13(25)8-12)29-10-26-15-6-3-7-16(18(15)22(29)32)28-21(31)17-9-14(23)19(30)20(24)27-17;1-2/h1-8,10,32H,9H2,(H,30,33);2-11,30H,1H3,(H,28,31);1-2H3. The van der Waals surface area contributed by atoms with Crippen LogP contribution in [-0.4, -0.2) is 51.1 Å². The molecule has 0 spiro atoms. The van der Waals surface area contributed by atoms with Gasteiger partial charge in [-0.05, 0) is 78.7 Å². The molecule has 0 fully saturated rings. The molecule has 4 N–H and O–H groups in total. The third-order valence-electron chi connectivity index (χ3n) is 9.79. The van der Waals surface area contributed by atoms with E-state index in [4.69, 9.17) is 46.4 Å². The van der Waals surface area contributed by atoms with Gasteiger partial charge in [-0.1, -0.05) is 96.6 Å². The number of halogens is 8. The fourth-order valence-electron chi connectivity index (χ4n) is 6.51. The number of hydrogen-bond acceptors (Lipinski definition) is 10. The van der Waals surface area contributed by atoms with Crippen molar-refractivity contribution in [1.29, 1.82) is 0 Å². The van der Waals surface area contributed by atoms with Crippen molar-refractivity contribution in [3.05, 3.63) is 185 Å². The Labute approximate surface area is 402 Å². The summed E-state index contributed by atoms with van der Waals surface area (Å²) in [6.07, 6.45) is -1.92. The van der Waals surface area contributed by atoms with Crippen LogP contribution in [-0.2, 0) is 12.7 Å². The number of pyridine rings is 2. The van der Waals surface area contributed by atoms with Crippen molar-refractivity contribution in [3.63, 3.8) is 0 Å². The molecule has 0 radical (unpaired) electrons. The van der Waals surface area contributed by atoms with E-state index in [1.807, 2.05) is 13.8 Å². The van der Waals surface area contributed by atoms with Crippen LogP contribution in [0.15, 0.2) is 119 Å². The number of nitrogens with zero attached hydrogens (tertiary/aromatic N) is 6. The maximum atomic E-state index is 13.7. The van der Waals surface area contributed by atoms with Gasteiger partial charge in [0.2, 0.25) is 0 Å². The summed E-state index contributed by atoms with van der Waals surface area (Å²) < 4.78 is 55.2. The van der Waals surface area contributed by atoms with Crippen LogP contribution >= 0.6 is 46.4 Å². The van der Waals surface area contributed by atoms with Crippen LogP contribution in [0.4, 0.5) is 28.9 Å². The molecule has 1 unspecified atom stereocenters. The smallest absolute Gasteiger partial charge is 0.416 e. The maximum Gasteiger partial charge on any atom is 0.416 e. The van der Waals surface area contributed by atoms with Crippen LogP contribution in [0.25, 0.3) is 21.8 Å². The third kappa shape index (κ3) is 11.2. The minimum absolute atomic E-state index is 0.0429. The van der Waals surface area contributed by atoms with E-state index in [9.17, 15) is 47.0 Å². The predicted octanol–water partition coefficient (Wildman–Crippen LogP) is 11.0. The van der Waals surface area contributed by atoms with Crippen LogP contribution in [0, 0.1) is 5.82 Å². The Hall–Kier alpha value is -7.12. The van der Waals surface area contributed by atoms with Crippen molar-refractivity contribution in [2.45, 2.75) is 39.5 Å². The summed E-state index contributed by atoms with van der Waals surface area (Å²) in [6, 6.07) is 21.7. The largest absolute Gasteiger partial charge is 0.504 e. The van der Waals surface area contributed by atoms with E-state index in [2.05, 4.69) is 30.6 Å². The molecule has 0 saturated heterocycles. The van der Waals surface area contributed by atoms with E-state index in [-0.39, 0.29) is 71.5 Å². The second-order valence-corrected chi connectivity index (χ2v) is 15.7. The first kappa shape index (κ1) is 50.3. The summed E-state index contributed by atoms with van der Waals surface area (Å²) in [5.74, 6) is -2.78. The topological polar surface area (TPSA) is 194 Å². The number of alkyl halides is 3. The molecular weight excluding hydrogens is 978 g/mol. The van der Waals surface area contributed by atoms with Gasteiger partial charge in [0.25, 0.3) is 22.9 Å². The van der Waals surface area contributed by atoms with Gasteiger partial charge in [-0.3, -0.25) is 28.3 Å². The van der Waals surface area contributed by atoms with Crippen molar-refractivity contribution in [3.8, 4) is 11.5 Å². The van der Waals surface area contributed by atoms with Crippen molar-refractivity contribution in [1.82, 2.24) is 29.1 Å². The molecule has 22 heteroatoms. The zero-order chi connectivity index (χ0) is 49.6. The fraction of sp³-hybridized carbons (Fsp3) is 0.130. The number of rotatable bonds is 8. The zero-order valence-corrected chi connectivity index (χ0v) is 38.4. The lowest BCUT2D eigenvalue weighted by Crippen LogP contribution is -2.26. The Balaban J connectivity index is 0.000000216. The van der Waals surface area contributed by atoms with Crippen LogP contribution in [0.2, 0.25) is 20.4 Å². The molecule has 4 aromatic carbocycles. The van der Waals surface area contributed by atoms with Gasteiger partial charge in [0.05, 0.1) is 74.0 Å². The lowest BCUT2D eigenvalue weighted by molar-refractivity contribution is -0.137. The first-order valence-electron chi connectivity index (χ1n) is 19.9. The summed E-state index contributed by atoms with van der Waals surface area (Å²) in [4.78, 5) is 68.0. The number of aromatic nitrogens is 6. The summed E-state index contributed by atoms with van der Waals surface area (Å²) in [7, 11) is 0. The van der Waals surface area contributed by atoms with Crippen LogP contribution in [0.3, 0.4) is 0 Å². The molecule has 68 heavy (non-hydrogen) atoms. The summed E-state index contributed by atoms with van der Waals surface area (Å²) in [6.45, 7) is 5.58. The first-order valence-corrected chi connectivity index (χ1v) is 21.4. The van der Waals surface area contributed by atoms with E-state index in [0.717, 1.165) is 28.8 Å². The van der Waals surface area contributed by atoms with Crippen molar-refractivity contribution in [2.75, 3.05) is 10.6 Å². The molecule has 0 aliphatic heterocycles. The lowest BCUT2D eigenvalue weighted by atomic mass is 10.1. The van der Waals surface area contributed by atoms with Gasteiger partial charge >= 0.3 is 6.18 Å². The molecule has 4 aromatic heterocycles. The van der Waals surface area contributed by atoms with E-state index in [1.54, 1.807) is 49.4 Å². The SMILES string of the molecule is CC.CC(c1cccc(F)c1)n1cnc2cccc(NC(=O)c3cc(Cl)c(O)c(Cl)n3)c2c1=O.O=C(Nc1cccc2ncn(Cc3cccc(C(F)(F)F)c3)c(=O)c12)c1cc(Cl)c(O)c(Cl)n1. The average Bonchev–Trinajstić information content (AvgIpc) is 3.31. The summed E-state index contributed by atoms with van der Waals surface area (Å²) >= 11 is 23.3. The van der Waals surface area contributed by atoms with Gasteiger partial charge < -0.3 is 20.8 Å². The highest BCUT2D eigenvalue weighted by Gasteiger charge is 2.30. The lowest BCUT2D eigenvalue weighted by Gasteiger charge is -2.17. The average molecular weight is 1010 g/mol. The molecule has 14 nitrogen and oxygen atoms in total. The van der Waals surface area contributed by atoms with Crippen molar-refractivity contribution in [2.24, 2.45) is 0 Å². The van der Waals surface area contributed by atoms with Gasteiger partial charge in [-0.2, -0.15) is 13.2 Å². The molecule has 4 heterocycles. The number of benzene rings is 4. The molecule has 0 bridgehead atoms. The van der Waals surface area contributed by atoms with Gasteiger partial charge in [0, 0.05) is 0 Å². The van der Waals surface area contributed by atoms with Gasteiger partial charge in [0.15, 0.2) is 21.8 Å². The minimum Gasteiger partial charge on any atom is -0.504 e. The number of fused-ring (bicyclic) bond motifs is 2. The molecule has 1 atom stereocenters. The van der Waals surface area contributed by atoms with Gasteiger partial charge in [0.1, 0.15) is 17.2 Å². The maximum absolute atomic E-state index is 13.7. The minimum atomic E-state index is -4.52. The predicted molar refractivity (Wildman–Crippen MR) is 252 cm³/mol. The second-order valence-electron chi connectivity index (χ2n) is 14.1. The Morgan fingerprint density at radius 3 is 1.71 bits per heavy atom. The van der Waals surface area contributed by atoms with Crippen molar-refractivity contribution >= 4 is 91.4 Å². The van der Waals surface area contributed by atoms with Gasteiger partial charge in [-0.25, -0.2) is 24.3 Å². The summed E-state index contributed by atoms with van der Waals surface area (Å²) in [5.41, 5.74) is -0.421. The van der Waals surface area contributed by atoms with Crippen LogP contribution in [0.1, 0.15) is 64.5 Å². The highest BCUT2D eigenvalue weighted by molar-refractivity contribution is 6.37. The number of nitrogens with one attached hydrogen (secondary N) is 2. The van der Waals surface area contributed by atoms with E-state index in [1.165, 1.54) is 47.6 Å². The number of amides is 2. The molecule has 0 aliphatic carbocycles. The number of aromatic hydroxyl groups is 2. The third-order valence-corrected chi connectivity index (χ3v) is 10.9. The highest BCUT2D eigenvalue weighted by atomic mass is 35.5. The zero-order valence-electron chi connectivity index (χ0n) is 35.4. The Morgan fingerprint density at radius 2 is 1.19 bits per heavy atom. The molecule has 8 rings (SSSR count). The normalized spacial score (nSPS) is 11.5. The van der Waals surface area contributed by atoms with Crippen molar-refractivity contribution < 1.29 is 37.4 Å². The number of anilines is 2. The molecule has 350 valence electrons. The molecule has 0 saturated carbocycles. The number of carbonyl (C=O) groups is 2. The van der Waals surface area contributed by atoms with Crippen LogP contribution < -0.4 is 21.8 Å². The second kappa shape index (κ2) is 21.2. The number of carbonyl (C=O) groups excluding carboxylic acids is 2. The number of hydrogen-bond donors (Lipinski definition) is 4.